The van der Waals surface area contributed by atoms with Crippen LogP contribution >= 0.6 is 0 Å². The van der Waals surface area contributed by atoms with Gasteiger partial charge in [0.25, 0.3) is 0 Å². The van der Waals surface area contributed by atoms with Gasteiger partial charge in [0, 0.05) is 0 Å². The van der Waals surface area contributed by atoms with Gasteiger partial charge in [0.2, 0.25) is 0 Å². The van der Waals surface area contributed by atoms with Gasteiger partial charge in [-0.1, -0.05) is 0 Å². The van der Waals surface area contributed by atoms with E-state index in [0.717, 1.165) is 0 Å². The predicted molar refractivity (Wildman–Crippen MR) is 10.1 cm³/mol. The summed E-state index contributed by atoms with van der Waals surface area (Å²) < 4.78 is 0. The van der Waals surface area contributed by atoms with Crippen molar-refractivity contribution < 1.29 is 51.5 Å². The van der Waals surface area contributed by atoms with Crippen LogP contribution < -0.4 is 0 Å². The maximum Gasteiger partial charge on any atom is 5.00 e. The first-order chi connectivity index (χ1) is 0. The quantitative estimate of drug-likeness (QED) is 0.530. The molecule has 0 aromatic carbocycles. The van der Waals surface area contributed by atoms with E-state index in [9.17, 15) is 0 Å². The second-order valence-corrected chi connectivity index (χ2v) is 0. The summed E-state index contributed by atoms with van der Waals surface area (Å²) in [6.45, 7) is 0. The van der Waals surface area contributed by atoms with Crippen molar-refractivity contribution in [2.24, 2.45) is 0 Å². The summed E-state index contributed by atoms with van der Waals surface area (Å²) in [4.78, 5) is 0. The minimum atomic E-state index is 0. The Morgan fingerprint density at radius 1 is 0.500 bits per heavy atom. The average molecular weight is 210 g/mol. The molecular weight excluding hydrogens is 210 g/mol. The van der Waals surface area contributed by atoms with Crippen LogP contribution in [0.4, 0.5) is 0 Å². The zero-order chi connectivity index (χ0) is 0. The van der Waals surface area contributed by atoms with Crippen LogP contribution in [-0.4, -0.2) is 0 Å². The zero-order valence-electron chi connectivity index (χ0n) is 2.42. The fourth-order valence-electron chi connectivity index (χ4n) is 0. The monoisotopic (exact) mass is 209 g/mol. The van der Waals surface area contributed by atoms with E-state index in [1.54, 1.807) is 0 Å². The van der Waals surface area contributed by atoms with Gasteiger partial charge in [-0.15, -0.1) is 0 Å². The molecule has 0 bridgehead atoms. The smallest absolute Gasteiger partial charge is 3.00 e. The molecule has 0 heterocycles. The predicted octanol–water partition coefficient (Wildman–Crippen LogP) is 0.859. The first-order valence-corrected chi connectivity index (χ1v) is 0. The van der Waals surface area contributed by atoms with Crippen molar-refractivity contribution in [1.29, 1.82) is 0 Å². The summed E-state index contributed by atoms with van der Waals surface area (Å²) >= 11 is 0. The van der Waals surface area contributed by atoms with Gasteiger partial charge in [0.15, 0.2) is 0 Å². The summed E-state index contributed by atoms with van der Waals surface area (Å²) in [6.07, 6.45) is 0. The normalized spacial score (nSPS) is 0. The maximum absolute atomic E-state index is 0. The van der Waals surface area contributed by atoms with Crippen LogP contribution in [0.1, 0.15) is 0 Å². The van der Waals surface area contributed by atoms with Crippen LogP contribution in [0.5, 0.6) is 0 Å². The van der Waals surface area contributed by atoms with E-state index in [1.165, 1.54) is 0 Å². The Kier molecular flexibility index (Phi) is 2230. The zero-order valence-corrected chi connectivity index (χ0v) is 5.79. The van der Waals surface area contributed by atoms with Gasteiger partial charge >= 0.3 is 51.5 Å². The van der Waals surface area contributed by atoms with E-state index < -0.39 is 0 Å². The van der Waals surface area contributed by atoms with Crippen LogP contribution in [-0.2, 0) is 51.5 Å². The molecule has 40 valence electrons. The van der Waals surface area contributed by atoms with Gasteiger partial charge in [0.1, 0.15) is 0 Å². The summed E-state index contributed by atoms with van der Waals surface area (Å²) in [6, 6.07) is 0. The topological polar surface area (TPSA) is 91.5 Å². The third-order valence-electron chi connectivity index (χ3n) is 0. The Balaban J connectivity index is 0. The van der Waals surface area contributed by atoms with Crippen LogP contribution in [0, 0.1) is 0 Å². The van der Waals surface area contributed by atoms with Crippen molar-refractivity contribution in [3.8, 4) is 0 Å². The molecule has 0 aromatic rings. The van der Waals surface area contributed by atoms with Crippen molar-refractivity contribution >= 4 is 0 Å². The maximum atomic E-state index is 0. The van der Waals surface area contributed by atoms with Gasteiger partial charge in [0.05, 0.1) is 0 Å². The van der Waals surface area contributed by atoms with Crippen LogP contribution in [0.3, 0.4) is 0 Å². The van der Waals surface area contributed by atoms with Crippen molar-refractivity contribution in [1.82, 2.24) is 0 Å². The van der Waals surface area contributed by atoms with E-state index in [-0.39, 0.29) is 70.0 Å². The molecule has 0 fully saturated rings. The fourth-order valence-corrected chi connectivity index (χ4v) is 0. The number of nitrogens with zero attached hydrogens (tertiary/aromatic N) is 3. The summed E-state index contributed by atoms with van der Waals surface area (Å²) in [7, 11) is 0. The molecule has 6 heteroatoms. The van der Waals surface area contributed by atoms with Crippen molar-refractivity contribution in [2.45, 2.75) is 0 Å². The fraction of sp³-hybridized carbons (Fsp3) is 0. The van der Waals surface area contributed by atoms with E-state index in [4.69, 9.17) is 0 Å². The van der Waals surface area contributed by atoms with Crippen molar-refractivity contribution in [3.63, 3.8) is 0 Å². The molecule has 0 aromatic heterocycles. The number of hydrogen-bond acceptors (Lipinski definition) is 0. The second-order valence-electron chi connectivity index (χ2n) is 0. The largest absolute Gasteiger partial charge is 5.00 e. The molecule has 0 atom stereocenters. The minimum Gasteiger partial charge on any atom is -3.00 e. The molecule has 0 saturated heterocycles. The molecule has 0 saturated carbocycles. The van der Waals surface area contributed by atoms with Gasteiger partial charge in [-0.2, -0.15) is 0 Å². The molecule has 0 N–H and O–H groups in total. The molecule has 0 aliphatic rings. The Morgan fingerprint density at radius 2 is 0.500 bits per heavy atom. The van der Waals surface area contributed by atoms with Gasteiger partial charge in [-0.25, -0.2) is 0 Å². The Morgan fingerprint density at radius 3 is 0.500 bits per heavy atom. The minimum absolute atomic E-state index is 0. The summed E-state index contributed by atoms with van der Waals surface area (Å²) in [5.41, 5.74) is 0. The Hall–Kier alpha value is 1.45. The molecular formula is N3Ni2V. The van der Waals surface area contributed by atoms with E-state index >= 15 is 0 Å². The van der Waals surface area contributed by atoms with Crippen molar-refractivity contribution in [2.75, 3.05) is 0 Å². The second kappa shape index (κ2) is 91.0. The molecule has 0 spiro atoms. The molecule has 0 aliphatic heterocycles. The average Bonchev–Trinajstić information content (AvgIpc) is 0. The third kappa shape index (κ3) is 51.3. The van der Waals surface area contributed by atoms with Gasteiger partial charge in [-0.3, -0.25) is 0 Å². The Bertz CT molecular complexity index is 8.75. The molecule has 0 amide bonds. The van der Waals surface area contributed by atoms with Gasteiger partial charge in [-0.05, 0) is 0 Å². The van der Waals surface area contributed by atoms with Crippen molar-refractivity contribution in [3.05, 3.63) is 18.5 Å². The van der Waals surface area contributed by atoms with Crippen LogP contribution in [0.15, 0.2) is 0 Å². The first kappa shape index (κ1) is 147. The first-order valence-electron chi connectivity index (χ1n) is 0. The standard InChI is InChI=1S/3N.2Ni.V/q3*-3;2*+2;+5. The summed E-state index contributed by atoms with van der Waals surface area (Å²) in [5.74, 6) is 0. The molecule has 0 aliphatic carbocycles. The number of rotatable bonds is 0. The molecule has 0 radical (unpaired) electrons. The van der Waals surface area contributed by atoms with E-state index in [0.29, 0.717) is 0 Å². The number of hydrogen-bond donors (Lipinski definition) is 0. The van der Waals surface area contributed by atoms with Gasteiger partial charge < -0.3 is 18.5 Å². The molecule has 3 nitrogen and oxygen atoms in total. The SMILES string of the molecule is [N-3].[N-3].[N-3].[Ni+2].[Ni+2].[V+5]. The van der Waals surface area contributed by atoms with E-state index in [1.807, 2.05) is 0 Å². The molecule has 0 unspecified atom stereocenters. The molecule has 0 rings (SSSR count). The Labute approximate surface area is 69.9 Å². The summed E-state index contributed by atoms with van der Waals surface area (Å²) in [5, 5.41) is 0. The third-order valence-corrected chi connectivity index (χ3v) is 0. The van der Waals surface area contributed by atoms with Crippen LogP contribution in [0.25, 0.3) is 18.5 Å². The van der Waals surface area contributed by atoms with E-state index in [2.05, 4.69) is 0 Å². The van der Waals surface area contributed by atoms with Crippen LogP contribution in [0.2, 0.25) is 0 Å². The molecule has 6 heavy (non-hydrogen) atoms.